The molecule has 2 atom stereocenters. The molecule has 60 valence electrons. The lowest BCUT2D eigenvalue weighted by atomic mass is 10.3. The van der Waals surface area contributed by atoms with Gasteiger partial charge in [-0.2, -0.15) is 0 Å². The Bertz CT molecular complexity index is 114. The maximum Gasteiger partial charge on any atom is 0.316 e. The smallest absolute Gasteiger partial charge is 0.316 e. The van der Waals surface area contributed by atoms with Crippen molar-refractivity contribution < 1.29 is 15.0 Å². The van der Waals surface area contributed by atoms with Crippen molar-refractivity contribution in [1.29, 1.82) is 0 Å². The highest BCUT2D eigenvalue weighted by molar-refractivity contribution is 8.01. The molecule has 0 radical (unpaired) electrons. The topological polar surface area (TPSA) is 57.5 Å². The molecule has 0 saturated carbocycles. The first kappa shape index (κ1) is 9.78. The second-order valence-corrected chi connectivity index (χ2v) is 3.49. The van der Waals surface area contributed by atoms with Crippen molar-refractivity contribution >= 4 is 17.7 Å². The Labute approximate surface area is 64.4 Å². The van der Waals surface area contributed by atoms with Crippen LogP contribution in [0.1, 0.15) is 20.3 Å². The predicted octanol–water partition coefficient (Wildman–Crippen LogP) is 0.921. The fourth-order valence-electron chi connectivity index (χ4n) is 0.567. The summed E-state index contributed by atoms with van der Waals surface area (Å²) in [6.07, 6.45) is 0.547. The maximum atomic E-state index is 10.3. The molecule has 0 heterocycles. The summed E-state index contributed by atoms with van der Waals surface area (Å²) in [5.41, 5.74) is -0.596. The van der Waals surface area contributed by atoms with Crippen molar-refractivity contribution in [3.8, 4) is 0 Å². The van der Waals surface area contributed by atoms with Crippen molar-refractivity contribution in [2.45, 2.75) is 31.0 Å². The van der Waals surface area contributed by atoms with Crippen molar-refractivity contribution in [3.05, 3.63) is 0 Å². The highest BCUT2D eigenvalue weighted by atomic mass is 32.2. The van der Waals surface area contributed by atoms with E-state index >= 15 is 0 Å². The molecule has 10 heavy (non-hydrogen) atoms. The van der Waals surface area contributed by atoms with Crippen molar-refractivity contribution in [3.63, 3.8) is 0 Å². The van der Waals surface area contributed by atoms with Gasteiger partial charge in [0, 0.05) is 0 Å². The number of hydrogen-bond acceptors (Lipinski definition) is 3. The molecular weight excluding hydrogens is 152 g/mol. The van der Waals surface area contributed by atoms with Gasteiger partial charge in [0.2, 0.25) is 0 Å². The normalized spacial score (nSPS) is 16.3. The quantitative estimate of drug-likeness (QED) is 0.607. The van der Waals surface area contributed by atoms with Crippen LogP contribution in [0.5, 0.6) is 0 Å². The number of aliphatic hydroxyl groups is 1. The average molecular weight is 164 g/mol. The van der Waals surface area contributed by atoms with E-state index in [1.165, 1.54) is 0 Å². The molecule has 0 aromatic heterocycles. The van der Waals surface area contributed by atoms with Gasteiger partial charge in [0.15, 0.2) is 0 Å². The van der Waals surface area contributed by atoms with Gasteiger partial charge in [0.05, 0.1) is 5.44 Å². The van der Waals surface area contributed by atoms with Crippen molar-refractivity contribution in [1.82, 2.24) is 0 Å². The van der Waals surface area contributed by atoms with Gasteiger partial charge in [-0.3, -0.25) is 4.79 Å². The van der Waals surface area contributed by atoms with E-state index in [2.05, 4.69) is 0 Å². The van der Waals surface area contributed by atoms with Crippen LogP contribution in [0.3, 0.4) is 0 Å². The first-order valence-corrected chi connectivity index (χ1v) is 4.08. The Hall–Kier alpha value is -0.220. The summed E-state index contributed by atoms with van der Waals surface area (Å²) in [7, 11) is 0. The average Bonchev–Trinajstić information content (AvgIpc) is 1.81. The molecule has 0 aromatic carbocycles. The van der Waals surface area contributed by atoms with Gasteiger partial charge in [-0.15, -0.1) is 11.8 Å². The van der Waals surface area contributed by atoms with Crippen LogP contribution >= 0.6 is 11.8 Å². The summed E-state index contributed by atoms with van der Waals surface area (Å²) in [4.78, 5) is 10.3. The summed E-state index contributed by atoms with van der Waals surface area (Å²) in [6.45, 7) is 3.35. The molecule has 0 spiro atoms. The number of hydrogen-bond donors (Lipinski definition) is 2. The number of carbonyl (C=O) groups is 1. The molecule has 2 unspecified atom stereocenters. The molecule has 0 aliphatic rings. The highest BCUT2D eigenvalue weighted by Gasteiger charge is 2.17. The summed E-state index contributed by atoms with van der Waals surface area (Å²) < 4.78 is 0. The van der Waals surface area contributed by atoms with Gasteiger partial charge in [-0.25, -0.2) is 0 Å². The Morgan fingerprint density at radius 1 is 1.70 bits per heavy atom. The minimum absolute atomic E-state index is 0.472. The third-order valence-electron chi connectivity index (χ3n) is 1.01. The van der Waals surface area contributed by atoms with E-state index in [-0.39, 0.29) is 0 Å². The highest BCUT2D eigenvalue weighted by Crippen LogP contribution is 2.18. The van der Waals surface area contributed by atoms with E-state index in [0.717, 1.165) is 11.8 Å². The number of thioether (sulfide) groups is 1. The summed E-state index contributed by atoms with van der Waals surface area (Å²) >= 11 is 1.06. The van der Waals surface area contributed by atoms with Crippen LogP contribution in [0.25, 0.3) is 0 Å². The number of aliphatic carboxylic acids is 1. The lowest BCUT2D eigenvalue weighted by Crippen LogP contribution is -2.17. The van der Waals surface area contributed by atoms with Gasteiger partial charge >= 0.3 is 5.97 Å². The second-order valence-electron chi connectivity index (χ2n) is 1.97. The van der Waals surface area contributed by atoms with E-state index in [9.17, 15) is 4.79 Å². The standard InChI is InChI=1S/C6H12O3S/c1-3-5(6(8)9)10-4(2)7/h4-5,7H,3H2,1-2H3,(H,8,9). The molecule has 0 amide bonds. The zero-order valence-corrected chi connectivity index (χ0v) is 6.89. The summed E-state index contributed by atoms with van der Waals surface area (Å²) in [5.74, 6) is -0.853. The molecule has 0 fully saturated rings. The third kappa shape index (κ3) is 3.74. The SMILES string of the molecule is CCC(SC(C)O)C(=O)O. The van der Waals surface area contributed by atoms with Gasteiger partial charge in [-0.05, 0) is 13.3 Å². The van der Waals surface area contributed by atoms with Gasteiger partial charge < -0.3 is 10.2 Å². The number of carboxylic acids is 1. The van der Waals surface area contributed by atoms with E-state index < -0.39 is 16.7 Å². The van der Waals surface area contributed by atoms with Crippen LogP contribution in [0.15, 0.2) is 0 Å². The van der Waals surface area contributed by atoms with Gasteiger partial charge in [0.1, 0.15) is 5.25 Å². The number of aliphatic hydroxyl groups excluding tert-OH is 1. The van der Waals surface area contributed by atoms with Crippen LogP contribution in [-0.2, 0) is 4.79 Å². The molecule has 0 bridgehead atoms. The van der Waals surface area contributed by atoms with E-state index in [4.69, 9.17) is 10.2 Å². The lowest BCUT2D eigenvalue weighted by Gasteiger charge is -2.10. The van der Waals surface area contributed by atoms with Crippen LogP contribution < -0.4 is 0 Å². The van der Waals surface area contributed by atoms with Gasteiger partial charge in [-0.1, -0.05) is 6.92 Å². The molecule has 0 aliphatic carbocycles. The van der Waals surface area contributed by atoms with E-state index in [1.807, 2.05) is 0 Å². The molecule has 0 saturated heterocycles. The minimum atomic E-state index is -0.853. The fraction of sp³-hybridized carbons (Fsp3) is 0.833. The minimum Gasteiger partial charge on any atom is -0.480 e. The molecule has 4 heteroatoms. The van der Waals surface area contributed by atoms with Crippen molar-refractivity contribution in [2.24, 2.45) is 0 Å². The molecule has 0 rings (SSSR count). The van der Waals surface area contributed by atoms with E-state index in [0.29, 0.717) is 6.42 Å². The van der Waals surface area contributed by atoms with Crippen LogP contribution in [0.2, 0.25) is 0 Å². The van der Waals surface area contributed by atoms with Gasteiger partial charge in [0.25, 0.3) is 0 Å². The monoisotopic (exact) mass is 164 g/mol. The zero-order chi connectivity index (χ0) is 8.15. The largest absolute Gasteiger partial charge is 0.480 e. The third-order valence-corrected chi connectivity index (χ3v) is 2.26. The number of rotatable bonds is 4. The lowest BCUT2D eigenvalue weighted by molar-refractivity contribution is -0.136. The van der Waals surface area contributed by atoms with Crippen LogP contribution in [-0.4, -0.2) is 26.9 Å². The molecule has 3 nitrogen and oxygen atoms in total. The van der Waals surface area contributed by atoms with Crippen LogP contribution in [0, 0.1) is 0 Å². The second kappa shape index (κ2) is 4.57. The van der Waals surface area contributed by atoms with Crippen LogP contribution in [0.4, 0.5) is 0 Å². The molecule has 0 aliphatic heterocycles. The first-order valence-electron chi connectivity index (χ1n) is 3.14. The summed E-state index contributed by atoms with van der Waals surface area (Å²) in [5, 5.41) is 16.8. The zero-order valence-electron chi connectivity index (χ0n) is 6.07. The molecule has 2 N–H and O–H groups in total. The Kier molecular flexibility index (Phi) is 4.47. The molecule has 0 aromatic rings. The Morgan fingerprint density at radius 3 is 2.30 bits per heavy atom. The predicted molar refractivity (Wildman–Crippen MR) is 41.0 cm³/mol. The summed E-state index contributed by atoms with van der Waals surface area (Å²) in [6, 6.07) is 0. The fourth-order valence-corrected chi connectivity index (χ4v) is 1.35. The van der Waals surface area contributed by atoms with E-state index in [1.54, 1.807) is 13.8 Å². The molecular formula is C6H12O3S. The maximum absolute atomic E-state index is 10.3. The Morgan fingerprint density at radius 2 is 2.20 bits per heavy atom. The first-order chi connectivity index (χ1) is 4.57. The van der Waals surface area contributed by atoms with Crippen molar-refractivity contribution in [2.75, 3.05) is 0 Å². The number of carboxylic acid groups (broad SMARTS) is 1. The Balaban J connectivity index is 3.72.